The number of fused-ring (bicyclic) bond motifs is 1. The second kappa shape index (κ2) is 6.29. The minimum atomic E-state index is 0.0150. The molecule has 4 rings (SSSR count). The van der Waals surface area contributed by atoms with E-state index in [4.69, 9.17) is 0 Å². The van der Waals surface area contributed by atoms with Crippen molar-refractivity contribution < 1.29 is 4.79 Å². The van der Waals surface area contributed by atoms with Gasteiger partial charge in [0.15, 0.2) is 0 Å². The van der Waals surface area contributed by atoms with Crippen molar-refractivity contribution in [1.82, 2.24) is 9.80 Å². The fraction of sp³-hybridized carbons (Fsp3) is 0.350. The highest BCUT2D eigenvalue weighted by molar-refractivity contribution is 5.94. The molecule has 0 bridgehead atoms. The Bertz CT molecular complexity index is 731. The van der Waals surface area contributed by atoms with Gasteiger partial charge in [0, 0.05) is 24.7 Å². The van der Waals surface area contributed by atoms with Gasteiger partial charge in [0.05, 0.1) is 5.69 Å². The summed E-state index contributed by atoms with van der Waals surface area (Å²) < 4.78 is 0. The number of amides is 2. The summed E-state index contributed by atoms with van der Waals surface area (Å²) in [6.07, 6.45) is 1.20. The van der Waals surface area contributed by atoms with Crippen molar-refractivity contribution >= 4 is 11.7 Å². The Morgan fingerprint density at radius 3 is 2.58 bits per heavy atom. The topological polar surface area (TPSA) is 35.6 Å². The molecule has 0 aliphatic carbocycles. The van der Waals surface area contributed by atoms with Crippen LogP contribution in [-0.2, 0) is 0 Å². The molecule has 0 spiro atoms. The van der Waals surface area contributed by atoms with Crippen molar-refractivity contribution in [3.63, 3.8) is 0 Å². The number of nitrogens with one attached hydrogen (secondary N) is 1. The van der Waals surface area contributed by atoms with Gasteiger partial charge >= 0.3 is 6.03 Å². The number of para-hydroxylation sites is 1. The number of benzene rings is 2. The average Bonchev–Trinajstić information content (AvgIpc) is 3.19. The number of carbonyl (C=O) groups excluding carboxylic acids is 1. The normalized spacial score (nSPS) is 23.3. The summed E-state index contributed by atoms with van der Waals surface area (Å²) >= 11 is 0. The molecule has 2 amide bonds. The molecule has 0 aromatic heterocycles. The zero-order valence-electron chi connectivity index (χ0n) is 14.0. The van der Waals surface area contributed by atoms with Gasteiger partial charge in [-0.3, -0.25) is 0 Å². The van der Waals surface area contributed by atoms with Crippen LogP contribution in [0.2, 0.25) is 0 Å². The van der Waals surface area contributed by atoms with Crippen LogP contribution in [0.15, 0.2) is 54.6 Å². The number of urea groups is 1. The molecule has 2 aromatic rings. The summed E-state index contributed by atoms with van der Waals surface area (Å²) in [5.74, 6) is 0.630. The van der Waals surface area contributed by atoms with Crippen molar-refractivity contribution in [3.05, 3.63) is 54.6 Å². The van der Waals surface area contributed by atoms with Gasteiger partial charge in [0.2, 0.25) is 0 Å². The van der Waals surface area contributed by atoms with Gasteiger partial charge in [0.1, 0.15) is 0 Å². The fourth-order valence-electron chi connectivity index (χ4n) is 3.99. The van der Waals surface area contributed by atoms with Gasteiger partial charge in [0.25, 0.3) is 0 Å². The van der Waals surface area contributed by atoms with Gasteiger partial charge in [-0.1, -0.05) is 48.5 Å². The van der Waals surface area contributed by atoms with Crippen molar-refractivity contribution in [1.29, 1.82) is 0 Å². The van der Waals surface area contributed by atoms with Crippen LogP contribution in [0.3, 0.4) is 0 Å². The molecule has 2 aliphatic heterocycles. The Balaban J connectivity index is 1.51. The maximum absolute atomic E-state index is 12.7. The average molecular weight is 321 g/mol. The largest absolute Gasteiger partial charge is 0.323 e. The molecule has 0 unspecified atom stereocenters. The minimum absolute atomic E-state index is 0.0150. The lowest BCUT2D eigenvalue weighted by molar-refractivity contribution is 0.213. The fourth-order valence-corrected chi connectivity index (χ4v) is 3.99. The highest BCUT2D eigenvalue weighted by Crippen LogP contribution is 2.32. The zero-order chi connectivity index (χ0) is 16.5. The molecule has 2 heterocycles. The van der Waals surface area contributed by atoms with Crippen LogP contribution in [0.1, 0.15) is 6.42 Å². The standard InChI is InChI=1S/C20H23N3O/c1-22-12-11-16-13-23(14-19(16)22)20(24)21-18-10-6-5-9-17(18)15-7-3-2-4-8-15/h2-10,16,19H,11-14H2,1H3,(H,21,24)/t16-,19+/m0/s1. The second-order valence-electron chi connectivity index (χ2n) is 6.84. The van der Waals surface area contributed by atoms with E-state index in [9.17, 15) is 4.79 Å². The first-order valence-electron chi connectivity index (χ1n) is 8.63. The molecule has 2 fully saturated rings. The Morgan fingerprint density at radius 2 is 1.79 bits per heavy atom. The number of hydrogen-bond acceptors (Lipinski definition) is 2. The van der Waals surface area contributed by atoms with Crippen LogP contribution < -0.4 is 5.32 Å². The lowest BCUT2D eigenvalue weighted by atomic mass is 10.0. The first kappa shape index (κ1) is 15.2. The van der Waals surface area contributed by atoms with Crippen LogP contribution >= 0.6 is 0 Å². The van der Waals surface area contributed by atoms with E-state index in [0.29, 0.717) is 12.0 Å². The molecule has 2 atom stereocenters. The smallest absolute Gasteiger partial charge is 0.321 e. The van der Waals surface area contributed by atoms with Crippen molar-refractivity contribution in [3.8, 4) is 11.1 Å². The molecule has 4 nitrogen and oxygen atoms in total. The third-order valence-corrected chi connectivity index (χ3v) is 5.37. The quantitative estimate of drug-likeness (QED) is 0.918. The summed E-state index contributed by atoms with van der Waals surface area (Å²) in [6.45, 7) is 2.86. The van der Waals surface area contributed by atoms with Gasteiger partial charge in [-0.25, -0.2) is 4.79 Å². The van der Waals surface area contributed by atoms with E-state index in [1.165, 1.54) is 6.42 Å². The lowest BCUT2D eigenvalue weighted by Crippen LogP contribution is -2.37. The highest BCUT2D eigenvalue weighted by atomic mass is 16.2. The molecule has 0 saturated carbocycles. The van der Waals surface area contributed by atoms with Gasteiger partial charge in [-0.2, -0.15) is 0 Å². The van der Waals surface area contributed by atoms with Gasteiger partial charge < -0.3 is 15.1 Å². The maximum atomic E-state index is 12.7. The van der Waals surface area contributed by atoms with Crippen LogP contribution in [0, 0.1) is 5.92 Å². The minimum Gasteiger partial charge on any atom is -0.323 e. The predicted octanol–water partition coefficient (Wildman–Crippen LogP) is 3.52. The van der Waals surface area contributed by atoms with Crippen LogP contribution in [0.4, 0.5) is 10.5 Å². The van der Waals surface area contributed by atoms with Crippen molar-refractivity contribution in [2.75, 3.05) is 32.0 Å². The zero-order valence-corrected chi connectivity index (χ0v) is 14.0. The van der Waals surface area contributed by atoms with E-state index in [1.54, 1.807) is 0 Å². The molecule has 4 heteroatoms. The Labute approximate surface area is 143 Å². The number of nitrogens with zero attached hydrogens (tertiary/aromatic N) is 2. The van der Waals surface area contributed by atoms with E-state index < -0.39 is 0 Å². The summed E-state index contributed by atoms with van der Waals surface area (Å²) in [4.78, 5) is 17.1. The van der Waals surface area contributed by atoms with E-state index in [1.807, 2.05) is 41.3 Å². The van der Waals surface area contributed by atoms with E-state index in [-0.39, 0.29) is 6.03 Å². The predicted molar refractivity (Wildman–Crippen MR) is 97.0 cm³/mol. The number of likely N-dealkylation sites (N-methyl/N-ethyl adjacent to an activating group) is 1. The molecule has 1 N–H and O–H groups in total. The molecule has 2 saturated heterocycles. The third-order valence-electron chi connectivity index (χ3n) is 5.37. The van der Waals surface area contributed by atoms with Gasteiger partial charge in [-0.15, -0.1) is 0 Å². The first-order chi connectivity index (χ1) is 11.7. The Hall–Kier alpha value is -2.33. The molecule has 24 heavy (non-hydrogen) atoms. The number of carbonyl (C=O) groups is 1. The molecule has 2 aromatic carbocycles. The molecular weight excluding hydrogens is 298 g/mol. The van der Waals surface area contributed by atoms with Crippen LogP contribution in [0.25, 0.3) is 11.1 Å². The van der Waals surface area contributed by atoms with Crippen molar-refractivity contribution in [2.24, 2.45) is 5.92 Å². The van der Waals surface area contributed by atoms with E-state index in [2.05, 4.69) is 35.5 Å². The number of anilines is 1. The number of rotatable bonds is 2. The molecular formula is C20H23N3O. The number of hydrogen-bond donors (Lipinski definition) is 1. The summed E-state index contributed by atoms with van der Waals surface area (Å²) in [5.41, 5.74) is 3.05. The van der Waals surface area contributed by atoms with Crippen molar-refractivity contribution in [2.45, 2.75) is 12.5 Å². The third kappa shape index (κ3) is 2.78. The SMILES string of the molecule is CN1CC[C@H]2CN(C(=O)Nc3ccccc3-c3ccccc3)C[C@H]21. The second-order valence-corrected chi connectivity index (χ2v) is 6.84. The maximum Gasteiger partial charge on any atom is 0.321 e. The summed E-state index contributed by atoms with van der Waals surface area (Å²) in [5, 5.41) is 3.12. The van der Waals surface area contributed by atoms with Crippen LogP contribution in [-0.4, -0.2) is 48.6 Å². The summed E-state index contributed by atoms with van der Waals surface area (Å²) in [7, 11) is 2.16. The molecule has 0 radical (unpaired) electrons. The highest BCUT2D eigenvalue weighted by Gasteiger charge is 2.41. The Morgan fingerprint density at radius 1 is 1.04 bits per heavy atom. The summed E-state index contributed by atoms with van der Waals surface area (Å²) in [6, 6.07) is 18.7. The van der Waals surface area contributed by atoms with Gasteiger partial charge in [-0.05, 0) is 37.6 Å². The Kier molecular flexibility index (Phi) is 3.98. The number of likely N-dealkylation sites (tertiary alicyclic amines) is 2. The van der Waals surface area contributed by atoms with E-state index in [0.717, 1.165) is 36.4 Å². The van der Waals surface area contributed by atoms with E-state index >= 15 is 0 Å². The monoisotopic (exact) mass is 321 g/mol. The molecule has 124 valence electrons. The van der Waals surface area contributed by atoms with Crippen LogP contribution in [0.5, 0.6) is 0 Å². The molecule has 2 aliphatic rings. The lowest BCUT2D eigenvalue weighted by Gasteiger charge is -2.22. The first-order valence-corrected chi connectivity index (χ1v) is 8.63.